The highest BCUT2D eigenvalue weighted by molar-refractivity contribution is 7.69. The summed E-state index contributed by atoms with van der Waals surface area (Å²) < 4.78 is 0. The summed E-state index contributed by atoms with van der Waals surface area (Å²) in [6.45, 7) is 29.5. The fraction of sp³-hybridized carbons (Fsp3) is 0.500. The Balaban J connectivity index is 2.48. The van der Waals surface area contributed by atoms with Crippen LogP contribution in [0.2, 0.25) is 0 Å². The van der Waals surface area contributed by atoms with Gasteiger partial charge < -0.3 is 0 Å². The summed E-state index contributed by atoms with van der Waals surface area (Å²) in [6.07, 6.45) is 0. The lowest BCUT2D eigenvalue weighted by Gasteiger charge is -2.35. The third-order valence-corrected chi connectivity index (χ3v) is 17.5. The highest BCUT2D eigenvalue weighted by Crippen LogP contribution is 2.46. The van der Waals surface area contributed by atoms with Gasteiger partial charge in [-0.25, -0.2) is 0 Å². The SMILES string of the molecule is CC(C)P(c1ccccc1B(c1ccccc1P(C(C)C)C(C)C)c1ccccc1P(C(C)C)C(C)C)C(C)C. The maximum Gasteiger partial charge on any atom is 0.243 e. The maximum atomic E-state index is 2.48. The Hall–Kier alpha value is -0.985. The Kier molecular flexibility index (Phi) is 12.5. The summed E-state index contributed by atoms with van der Waals surface area (Å²) in [5, 5.41) is 4.82. The molecule has 0 saturated carbocycles. The largest absolute Gasteiger partial charge is 0.243 e. The van der Waals surface area contributed by atoms with Crippen molar-refractivity contribution < 1.29 is 0 Å². The van der Waals surface area contributed by atoms with Crippen LogP contribution in [0.4, 0.5) is 0 Å². The van der Waals surface area contributed by atoms with Crippen molar-refractivity contribution >= 4 is 62.8 Å². The molecular formula is C36H54BP3. The third-order valence-electron chi connectivity index (χ3n) is 7.92. The van der Waals surface area contributed by atoms with E-state index in [4.69, 9.17) is 0 Å². The van der Waals surface area contributed by atoms with E-state index in [1.165, 1.54) is 0 Å². The fourth-order valence-corrected chi connectivity index (χ4v) is 16.1. The van der Waals surface area contributed by atoms with Crippen molar-refractivity contribution in [2.45, 2.75) is 117 Å². The molecule has 0 aromatic heterocycles. The molecule has 40 heavy (non-hydrogen) atoms. The second kappa shape index (κ2) is 15.0. The molecule has 0 atom stereocenters. The molecule has 0 N–H and O–H groups in total. The molecule has 216 valence electrons. The van der Waals surface area contributed by atoms with E-state index in [0.717, 1.165) is 0 Å². The number of hydrogen-bond donors (Lipinski definition) is 0. The maximum absolute atomic E-state index is 2.48. The first-order chi connectivity index (χ1) is 18.9. The van der Waals surface area contributed by atoms with Crippen molar-refractivity contribution in [3.63, 3.8) is 0 Å². The number of benzene rings is 3. The molecule has 0 fully saturated rings. The van der Waals surface area contributed by atoms with Gasteiger partial charge in [0.15, 0.2) is 0 Å². The average molecular weight is 591 g/mol. The highest BCUT2D eigenvalue weighted by atomic mass is 31.1. The summed E-state index contributed by atoms with van der Waals surface area (Å²) in [7, 11) is -0.891. The summed E-state index contributed by atoms with van der Waals surface area (Å²) in [5.41, 5.74) is 8.51. The van der Waals surface area contributed by atoms with Gasteiger partial charge in [-0.1, -0.05) is 196 Å². The first kappa shape index (κ1) is 33.5. The second-order valence-corrected chi connectivity index (χ2v) is 23.0. The first-order valence-corrected chi connectivity index (χ1v) is 19.9. The van der Waals surface area contributed by atoms with E-state index in [0.29, 0.717) is 34.0 Å². The van der Waals surface area contributed by atoms with E-state index in [1.54, 1.807) is 32.3 Å². The number of hydrogen-bond acceptors (Lipinski definition) is 0. The van der Waals surface area contributed by atoms with E-state index < -0.39 is 0 Å². The van der Waals surface area contributed by atoms with Gasteiger partial charge in [-0.05, 0) is 49.9 Å². The zero-order chi connectivity index (χ0) is 29.7. The summed E-state index contributed by atoms with van der Waals surface area (Å²) in [4.78, 5) is 0. The van der Waals surface area contributed by atoms with Crippen LogP contribution in [-0.4, -0.2) is 40.7 Å². The van der Waals surface area contributed by atoms with Gasteiger partial charge in [0.25, 0.3) is 0 Å². The van der Waals surface area contributed by atoms with E-state index >= 15 is 0 Å². The topological polar surface area (TPSA) is 0 Å². The van der Waals surface area contributed by atoms with Gasteiger partial charge in [-0.2, -0.15) is 0 Å². The molecule has 0 aliphatic rings. The molecule has 0 nitrogen and oxygen atoms in total. The average Bonchev–Trinajstić information content (AvgIpc) is 2.86. The van der Waals surface area contributed by atoms with Crippen LogP contribution < -0.4 is 32.3 Å². The molecule has 3 rings (SSSR count). The Morgan fingerprint density at radius 2 is 0.550 bits per heavy atom. The van der Waals surface area contributed by atoms with Crippen molar-refractivity contribution in [3.05, 3.63) is 72.8 Å². The first-order valence-electron chi connectivity index (χ1n) is 15.5. The minimum atomic E-state index is -0.297. The van der Waals surface area contributed by atoms with Crippen LogP contribution in [0.1, 0.15) is 83.1 Å². The van der Waals surface area contributed by atoms with Crippen molar-refractivity contribution in [2.24, 2.45) is 0 Å². The predicted molar refractivity (Wildman–Crippen MR) is 194 cm³/mol. The smallest absolute Gasteiger partial charge is 0.0706 e. The molecule has 0 heterocycles. The summed E-state index contributed by atoms with van der Waals surface area (Å²) in [5.74, 6) is 0. The lowest BCUT2D eigenvalue weighted by molar-refractivity contribution is 1.02. The van der Waals surface area contributed by atoms with Crippen LogP contribution in [0.15, 0.2) is 72.8 Å². The molecule has 3 aromatic carbocycles. The van der Waals surface area contributed by atoms with Gasteiger partial charge >= 0.3 is 0 Å². The van der Waals surface area contributed by atoms with Gasteiger partial charge in [0.05, 0.1) is 0 Å². The van der Waals surface area contributed by atoms with Crippen molar-refractivity contribution in [1.29, 1.82) is 0 Å². The van der Waals surface area contributed by atoms with Crippen LogP contribution >= 0.6 is 23.8 Å². The van der Waals surface area contributed by atoms with Crippen LogP contribution in [0.3, 0.4) is 0 Å². The predicted octanol–water partition coefficient (Wildman–Crippen LogP) is 7.97. The van der Waals surface area contributed by atoms with Crippen molar-refractivity contribution in [1.82, 2.24) is 0 Å². The van der Waals surface area contributed by atoms with E-state index in [2.05, 4.69) is 156 Å². The van der Waals surface area contributed by atoms with Gasteiger partial charge in [-0.3, -0.25) is 0 Å². The zero-order valence-corrected chi connectivity index (χ0v) is 30.0. The van der Waals surface area contributed by atoms with Crippen LogP contribution in [0, 0.1) is 0 Å². The number of rotatable bonds is 12. The van der Waals surface area contributed by atoms with Crippen LogP contribution in [0.25, 0.3) is 0 Å². The molecule has 0 unspecified atom stereocenters. The van der Waals surface area contributed by atoms with Crippen molar-refractivity contribution in [3.8, 4) is 0 Å². The van der Waals surface area contributed by atoms with E-state index in [1.807, 2.05) is 0 Å². The lowest BCUT2D eigenvalue weighted by Crippen LogP contribution is -2.63. The van der Waals surface area contributed by atoms with Crippen molar-refractivity contribution in [2.75, 3.05) is 0 Å². The molecule has 4 heteroatoms. The minimum absolute atomic E-state index is 0.246. The molecule has 0 aliphatic heterocycles. The molecule has 0 amide bonds. The summed E-state index contributed by atoms with van der Waals surface area (Å²) in [6, 6.07) is 28.6. The Bertz CT molecular complexity index is 1040. The quantitative estimate of drug-likeness (QED) is 0.148. The fourth-order valence-electron chi connectivity index (χ4n) is 6.86. The van der Waals surface area contributed by atoms with Gasteiger partial charge in [0.1, 0.15) is 0 Å². The Labute approximate surface area is 251 Å². The molecule has 0 bridgehead atoms. The Morgan fingerprint density at radius 3 is 0.750 bits per heavy atom. The normalized spacial score (nSPS) is 12.5. The Morgan fingerprint density at radius 1 is 0.350 bits per heavy atom. The molecule has 0 saturated heterocycles. The van der Waals surface area contributed by atoms with E-state index in [-0.39, 0.29) is 30.5 Å². The third kappa shape index (κ3) is 7.50. The molecule has 3 aromatic rings. The minimum Gasteiger partial charge on any atom is -0.0706 e. The van der Waals surface area contributed by atoms with Crippen LogP contribution in [-0.2, 0) is 0 Å². The zero-order valence-electron chi connectivity index (χ0n) is 27.3. The summed E-state index contributed by atoms with van der Waals surface area (Å²) >= 11 is 0. The lowest BCUT2D eigenvalue weighted by atomic mass is 9.36. The monoisotopic (exact) mass is 590 g/mol. The highest BCUT2D eigenvalue weighted by Gasteiger charge is 2.35. The van der Waals surface area contributed by atoms with Gasteiger partial charge in [0, 0.05) is 0 Å². The molecule has 0 spiro atoms. The van der Waals surface area contributed by atoms with Gasteiger partial charge in [0.2, 0.25) is 6.71 Å². The van der Waals surface area contributed by atoms with Crippen LogP contribution in [0.5, 0.6) is 0 Å². The molecule has 0 aliphatic carbocycles. The molecule has 0 radical (unpaired) electrons. The van der Waals surface area contributed by atoms with Gasteiger partial charge in [-0.15, -0.1) is 0 Å². The second-order valence-electron chi connectivity index (χ2n) is 12.9. The standard InChI is InChI=1S/C36H54BP3/c1-25(2)38(26(3)4)34-22-16-13-19-31(34)37(32-20-14-17-23-35(32)39(27(5)6)28(7)8)33-21-15-18-24-36(33)40(29(9)10)30(11)12/h13-30H,1-12H3. The van der Waals surface area contributed by atoms with E-state index in [9.17, 15) is 0 Å². The molecular weight excluding hydrogens is 536 g/mol.